The van der Waals surface area contributed by atoms with E-state index in [0.29, 0.717) is 25.0 Å². The molecule has 0 saturated carbocycles. The van der Waals surface area contributed by atoms with Crippen LogP contribution < -0.4 is 0 Å². The fraction of sp³-hybridized carbons (Fsp3) is 0.750. The van der Waals surface area contributed by atoms with Gasteiger partial charge in [0.15, 0.2) is 0 Å². The van der Waals surface area contributed by atoms with E-state index in [0.717, 1.165) is 6.42 Å². The van der Waals surface area contributed by atoms with Crippen LogP contribution in [-0.4, -0.2) is 16.8 Å². The summed E-state index contributed by atoms with van der Waals surface area (Å²) >= 11 is 3.43. The fourth-order valence-corrected chi connectivity index (χ4v) is 1.00. The molecule has 1 unspecified atom stereocenters. The first-order valence-corrected chi connectivity index (χ1v) is 5.23. The van der Waals surface area contributed by atoms with Crippen molar-refractivity contribution < 1.29 is 9.15 Å². The minimum absolute atomic E-state index is 0.148. The van der Waals surface area contributed by atoms with Crippen molar-refractivity contribution in [2.75, 3.05) is 6.61 Å². The van der Waals surface area contributed by atoms with Crippen molar-refractivity contribution in [3.63, 3.8) is 0 Å². The van der Waals surface area contributed by atoms with Crippen LogP contribution in [0.2, 0.25) is 0 Å². The summed E-state index contributed by atoms with van der Waals surface area (Å²) in [4.78, 5) is 0.148. The molecule has 0 aliphatic heterocycles. The van der Waals surface area contributed by atoms with Gasteiger partial charge in [-0.05, 0) is 13.3 Å². The third-order valence-corrected chi connectivity index (χ3v) is 2.58. The van der Waals surface area contributed by atoms with Gasteiger partial charge in [0, 0.05) is 6.61 Å². The number of hydrogen-bond acceptors (Lipinski definition) is 4. The van der Waals surface area contributed by atoms with Crippen molar-refractivity contribution in [2.45, 2.75) is 31.7 Å². The quantitative estimate of drug-likeness (QED) is 0.752. The molecule has 74 valence electrons. The molecule has 1 aromatic heterocycles. The smallest absolute Gasteiger partial charge is 0.242 e. The minimum Gasteiger partial charge on any atom is -0.422 e. The molecule has 1 aromatic rings. The van der Waals surface area contributed by atoms with Gasteiger partial charge in [0.25, 0.3) is 0 Å². The van der Waals surface area contributed by atoms with Crippen LogP contribution in [0.5, 0.6) is 0 Å². The number of hydrogen-bond donors (Lipinski definition) is 0. The maximum Gasteiger partial charge on any atom is 0.242 e. The molecule has 0 N–H and O–H groups in total. The van der Waals surface area contributed by atoms with E-state index in [-0.39, 0.29) is 4.83 Å². The van der Waals surface area contributed by atoms with Crippen molar-refractivity contribution in [3.05, 3.63) is 11.8 Å². The first-order chi connectivity index (χ1) is 6.27. The summed E-state index contributed by atoms with van der Waals surface area (Å²) in [5.41, 5.74) is 0. The van der Waals surface area contributed by atoms with E-state index in [1.807, 2.05) is 13.8 Å². The summed E-state index contributed by atoms with van der Waals surface area (Å²) in [6, 6.07) is 0. The van der Waals surface area contributed by atoms with Crippen molar-refractivity contribution in [1.29, 1.82) is 0 Å². The Morgan fingerprint density at radius 3 is 2.85 bits per heavy atom. The van der Waals surface area contributed by atoms with Crippen molar-refractivity contribution in [1.82, 2.24) is 10.2 Å². The Morgan fingerprint density at radius 1 is 1.46 bits per heavy atom. The second-order valence-electron chi connectivity index (χ2n) is 2.55. The molecule has 0 fully saturated rings. The van der Waals surface area contributed by atoms with Gasteiger partial charge in [-0.3, -0.25) is 0 Å². The van der Waals surface area contributed by atoms with Crippen LogP contribution in [0.1, 0.15) is 36.9 Å². The van der Waals surface area contributed by atoms with Gasteiger partial charge >= 0.3 is 0 Å². The Bertz CT molecular complexity index is 252. The normalized spacial score (nSPS) is 13.2. The average Bonchev–Trinajstić information content (AvgIpc) is 2.62. The number of aromatic nitrogens is 2. The van der Waals surface area contributed by atoms with Crippen molar-refractivity contribution in [2.24, 2.45) is 0 Å². The van der Waals surface area contributed by atoms with Gasteiger partial charge in [0.05, 0.1) is 4.83 Å². The van der Waals surface area contributed by atoms with E-state index in [4.69, 9.17) is 9.15 Å². The van der Waals surface area contributed by atoms with Crippen LogP contribution in [0.15, 0.2) is 4.42 Å². The van der Waals surface area contributed by atoms with Crippen LogP contribution in [0.3, 0.4) is 0 Å². The van der Waals surface area contributed by atoms with Gasteiger partial charge < -0.3 is 9.15 Å². The van der Waals surface area contributed by atoms with E-state index < -0.39 is 0 Å². The molecule has 13 heavy (non-hydrogen) atoms. The third kappa shape index (κ3) is 3.08. The average molecular weight is 249 g/mol. The first kappa shape index (κ1) is 10.7. The van der Waals surface area contributed by atoms with Gasteiger partial charge in [-0.2, -0.15) is 0 Å². The van der Waals surface area contributed by atoms with E-state index in [9.17, 15) is 0 Å². The maximum absolute atomic E-state index is 5.34. The first-order valence-electron chi connectivity index (χ1n) is 4.32. The fourth-order valence-electron chi connectivity index (χ4n) is 0.815. The number of halogens is 1. The molecule has 1 heterocycles. The molecule has 0 bridgehead atoms. The van der Waals surface area contributed by atoms with Gasteiger partial charge in [0.2, 0.25) is 11.8 Å². The molecular formula is C8H13BrN2O2. The highest BCUT2D eigenvalue weighted by molar-refractivity contribution is 9.09. The molecule has 0 aliphatic rings. The Hall–Kier alpha value is -0.420. The predicted octanol–water partition coefficient (Wildman–Crippen LogP) is 2.45. The van der Waals surface area contributed by atoms with E-state index in [2.05, 4.69) is 26.1 Å². The maximum atomic E-state index is 5.34. The van der Waals surface area contributed by atoms with Crippen LogP contribution in [0.25, 0.3) is 0 Å². The Labute approximate surface area is 85.8 Å². The highest BCUT2D eigenvalue weighted by Crippen LogP contribution is 2.24. The van der Waals surface area contributed by atoms with Crippen LogP contribution in [-0.2, 0) is 11.3 Å². The van der Waals surface area contributed by atoms with Gasteiger partial charge in [-0.25, -0.2) is 0 Å². The lowest BCUT2D eigenvalue weighted by atomic mass is 10.3. The number of alkyl halides is 1. The van der Waals surface area contributed by atoms with Gasteiger partial charge in [0.1, 0.15) is 6.61 Å². The van der Waals surface area contributed by atoms with Gasteiger partial charge in [-0.1, -0.05) is 22.9 Å². The monoisotopic (exact) mass is 248 g/mol. The zero-order chi connectivity index (χ0) is 9.68. The predicted molar refractivity (Wildman–Crippen MR) is 51.6 cm³/mol. The molecule has 0 spiro atoms. The molecule has 1 atom stereocenters. The summed E-state index contributed by atoms with van der Waals surface area (Å²) in [5, 5.41) is 7.75. The minimum atomic E-state index is 0.148. The Morgan fingerprint density at radius 2 is 2.23 bits per heavy atom. The van der Waals surface area contributed by atoms with Crippen LogP contribution in [0.4, 0.5) is 0 Å². The molecule has 0 aliphatic carbocycles. The number of nitrogens with zero attached hydrogens (tertiary/aromatic N) is 2. The summed E-state index contributed by atoms with van der Waals surface area (Å²) in [5.74, 6) is 1.16. The lowest BCUT2D eigenvalue weighted by molar-refractivity contribution is 0.113. The summed E-state index contributed by atoms with van der Waals surface area (Å²) in [7, 11) is 0. The molecule has 4 nitrogen and oxygen atoms in total. The van der Waals surface area contributed by atoms with Crippen molar-refractivity contribution >= 4 is 15.9 Å². The summed E-state index contributed by atoms with van der Waals surface area (Å²) in [6.45, 7) is 5.03. The summed E-state index contributed by atoms with van der Waals surface area (Å²) in [6.07, 6.45) is 0.927. The zero-order valence-electron chi connectivity index (χ0n) is 7.79. The van der Waals surface area contributed by atoms with Crippen LogP contribution >= 0.6 is 15.9 Å². The van der Waals surface area contributed by atoms with E-state index >= 15 is 0 Å². The molecule has 0 aromatic carbocycles. The number of ether oxygens (including phenoxy) is 1. The molecule has 0 amide bonds. The lowest BCUT2D eigenvalue weighted by Crippen LogP contribution is -1.91. The second-order valence-corrected chi connectivity index (χ2v) is 3.65. The summed E-state index contributed by atoms with van der Waals surface area (Å²) < 4.78 is 10.5. The largest absolute Gasteiger partial charge is 0.422 e. The van der Waals surface area contributed by atoms with Crippen LogP contribution in [0, 0.1) is 0 Å². The second kappa shape index (κ2) is 5.34. The standard InChI is InChI=1S/C8H13BrN2O2/c1-3-6(9)8-11-10-7(13-8)5-12-4-2/h6H,3-5H2,1-2H3. The highest BCUT2D eigenvalue weighted by atomic mass is 79.9. The Kier molecular flexibility index (Phi) is 4.38. The van der Waals surface area contributed by atoms with E-state index in [1.54, 1.807) is 0 Å². The highest BCUT2D eigenvalue weighted by Gasteiger charge is 2.12. The molecular weight excluding hydrogens is 236 g/mol. The third-order valence-electron chi connectivity index (χ3n) is 1.54. The Balaban J connectivity index is 2.53. The molecule has 1 rings (SSSR count). The zero-order valence-corrected chi connectivity index (χ0v) is 9.37. The molecule has 5 heteroatoms. The molecule has 0 saturated heterocycles. The van der Waals surface area contributed by atoms with Gasteiger partial charge in [-0.15, -0.1) is 10.2 Å². The van der Waals surface area contributed by atoms with E-state index in [1.165, 1.54) is 0 Å². The van der Waals surface area contributed by atoms with Crippen molar-refractivity contribution in [3.8, 4) is 0 Å². The number of rotatable bonds is 5. The SMILES string of the molecule is CCOCc1nnc(C(Br)CC)o1. The molecule has 0 radical (unpaired) electrons. The lowest BCUT2D eigenvalue weighted by Gasteiger charge is -1.98. The topological polar surface area (TPSA) is 48.2 Å².